The molecule has 7 heteroatoms. The van der Waals surface area contributed by atoms with Gasteiger partial charge in [0, 0.05) is 31.9 Å². The van der Waals surface area contributed by atoms with Gasteiger partial charge in [0.25, 0.3) is 0 Å². The largest absolute Gasteiger partial charge is 0.453 e. The molecule has 0 atom stereocenters. The van der Waals surface area contributed by atoms with Crippen LogP contribution >= 0.6 is 0 Å². The summed E-state index contributed by atoms with van der Waals surface area (Å²) in [5.74, 6) is -0.631. The molecule has 1 N–H and O–H groups in total. The lowest BCUT2D eigenvalue weighted by atomic mass is 10.2. The number of amides is 2. The van der Waals surface area contributed by atoms with E-state index in [1.807, 2.05) is 4.90 Å². The zero-order valence-corrected chi connectivity index (χ0v) is 11.8. The molecule has 1 saturated heterocycles. The van der Waals surface area contributed by atoms with Crippen LogP contribution in [0, 0.1) is 5.82 Å². The number of rotatable bonds is 3. The normalized spacial score (nSPS) is 15.6. The van der Waals surface area contributed by atoms with Crippen molar-refractivity contribution in [2.75, 3.05) is 44.7 Å². The summed E-state index contributed by atoms with van der Waals surface area (Å²) in [4.78, 5) is 26.6. The highest BCUT2D eigenvalue weighted by Crippen LogP contribution is 2.16. The highest BCUT2D eigenvalue weighted by Gasteiger charge is 2.20. The van der Waals surface area contributed by atoms with Gasteiger partial charge in [-0.1, -0.05) is 0 Å². The highest BCUT2D eigenvalue weighted by atomic mass is 19.1. The number of alkyl carbamates (subject to hydrolysis) is 1. The lowest BCUT2D eigenvalue weighted by Crippen LogP contribution is -2.50. The predicted molar refractivity (Wildman–Crippen MR) is 75.6 cm³/mol. The van der Waals surface area contributed by atoms with Gasteiger partial charge in [-0.05, 0) is 24.3 Å². The Morgan fingerprint density at radius 2 is 1.81 bits per heavy atom. The van der Waals surface area contributed by atoms with Crippen molar-refractivity contribution in [3.8, 4) is 0 Å². The standard InChI is InChI=1S/C14H18FN3O3/c1-21-14(20)16-13(19)10-17-6-8-18(9-7-17)12-4-2-11(15)3-5-12/h2-5H,6-10H2,1H3,(H,16,19,20). The summed E-state index contributed by atoms with van der Waals surface area (Å²) >= 11 is 0. The number of nitrogens with zero attached hydrogens (tertiary/aromatic N) is 2. The van der Waals surface area contributed by atoms with Crippen LogP contribution in [0.25, 0.3) is 0 Å². The van der Waals surface area contributed by atoms with Crippen molar-refractivity contribution in [1.82, 2.24) is 10.2 Å². The van der Waals surface area contributed by atoms with Crippen molar-refractivity contribution in [1.29, 1.82) is 0 Å². The molecule has 0 aliphatic carbocycles. The highest BCUT2D eigenvalue weighted by molar-refractivity contribution is 5.92. The molecule has 21 heavy (non-hydrogen) atoms. The first-order valence-electron chi connectivity index (χ1n) is 6.69. The summed E-state index contributed by atoms with van der Waals surface area (Å²) in [6, 6.07) is 6.36. The SMILES string of the molecule is COC(=O)NC(=O)CN1CCN(c2ccc(F)cc2)CC1. The Bertz CT molecular complexity index is 499. The minimum Gasteiger partial charge on any atom is -0.453 e. The smallest absolute Gasteiger partial charge is 0.413 e. The number of methoxy groups -OCH3 is 1. The van der Waals surface area contributed by atoms with Gasteiger partial charge >= 0.3 is 6.09 Å². The monoisotopic (exact) mass is 295 g/mol. The maximum absolute atomic E-state index is 12.9. The molecule has 1 heterocycles. The van der Waals surface area contributed by atoms with Gasteiger partial charge in [0.05, 0.1) is 13.7 Å². The molecule has 0 aromatic heterocycles. The lowest BCUT2D eigenvalue weighted by molar-refractivity contribution is -0.121. The van der Waals surface area contributed by atoms with E-state index in [9.17, 15) is 14.0 Å². The van der Waals surface area contributed by atoms with Crippen molar-refractivity contribution in [2.45, 2.75) is 0 Å². The summed E-state index contributed by atoms with van der Waals surface area (Å²) in [6.07, 6.45) is -0.745. The molecule has 1 aromatic carbocycles. The Morgan fingerprint density at radius 1 is 1.19 bits per heavy atom. The zero-order chi connectivity index (χ0) is 15.2. The van der Waals surface area contributed by atoms with Gasteiger partial charge in [0.15, 0.2) is 0 Å². The number of piperazine rings is 1. The molecule has 0 unspecified atom stereocenters. The van der Waals surface area contributed by atoms with E-state index >= 15 is 0 Å². The molecule has 1 aliphatic heterocycles. The van der Waals surface area contributed by atoms with Gasteiger partial charge in [-0.15, -0.1) is 0 Å². The molecule has 2 rings (SSSR count). The van der Waals surface area contributed by atoms with Gasteiger partial charge in [0.2, 0.25) is 5.91 Å². The molecule has 0 saturated carbocycles. The van der Waals surface area contributed by atoms with E-state index < -0.39 is 6.09 Å². The summed E-state index contributed by atoms with van der Waals surface area (Å²) in [6.45, 7) is 3.05. The number of benzene rings is 1. The zero-order valence-electron chi connectivity index (χ0n) is 11.8. The van der Waals surface area contributed by atoms with Crippen molar-refractivity contribution in [2.24, 2.45) is 0 Å². The molecule has 1 aromatic rings. The van der Waals surface area contributed by atoms with Gasteiger partial charge < -0.3 is 9.64 Å². The van der Waals surface area contributed by atoms with Crippen LogP contribution in [0.2, 0.25) is 0 Å². The Hall–Kier alpha value is -2.15. The van der Waals surface area contributed by atoms with E-state index in [-0.39, 0.29) is 18.3 Å². The average molecular weight is 295 g/mol. The maximum Gasteiger partial charge on any atom is 0.413 e. The van der Waals surface area contributed by atoms with Gasteiger partial charge in [0.1, 0.15) is 5.82 Å². The molecule has 0 radical (unpaired) electrons. The van der Waals surface area contributed by atoms with E-state index in [1.54, 1.807) is 12.1 Å². The Labute approximate surface area is 122 Å². The summed E-state index contributed by atoms with van der Waals surface area (Å²) in [5.41, 5.74) is 0.968. The molecule has 0 bridgehead atoms. The van der Waals surface area contributed by atoms with Crippen LogP contribution in [0.15, 0.2) is 24.3 Å². The Balaban J connectivity index is 1.79. The number of anilines is 1. The number of hydrogen-bond donors (Lipinski definition) is 1. The van der Waals surface area contributed by atoms with E-state index in [4.69, 9.17) is 0 Å². The third kappa shape index (κ3) is 4.42. The van der Waals surface area contributed by atoms with Crippen LogP contribution in [0.5, 0.6) is 0 Å². The number of nitrogens with one attached hydrogen (secondary N) is 1. The molecule has 0 spiro atoms. The minimum atomic E-state index is -0.745. The molecule has 1 fully saturated rings. The average Bonchev–Trinajstić information content (AvgIpc) is 2.48. The quantitative estimate of drug-likeness (QED) is 0.895. The number of hydrogen-bond acceptors (Lipinski definition) is 5. The van der Waals surface area contributed by atoms with Gasteiger partial charge in [-0.2, -0.15) is 0 Å². The van der Waals surface area contributed by atoms with Gasteiger partial charge in [-0.25, -0.2) is 9.18 Å². The molecular weight excluding hydrogens is 277 g/mol. The fourth-order valence-corrected chi connectivity index (χ4v) is 2.22. The second kappa shape index (κ2) is 7.03. The first-order valence-corrected chi connectivity index (χ1v) is 6.69. The fourth-order valence-electron chi connectivity index (χ4n) is 2.22. The number of imide groups is 1. The van der Waals surface area contributed by atoms with Crippen molar-refractivity contribution < 1.29 is 18.7 Å². The Kier molecular flexibility index (Phi) is 5.10. The number of carbonyl (C=O) groups excluding carboxylic acids is 2. The first kappa shape index (κ1) is 15.2. The van der Waals surface area contributed by atoms with Crippen LogP contribution < -0.4 is 10.2 Å². The molecule has 2 amide bonds. The first-order chi connectivity index (χ1) is 10.1. The fraction of sp³-hybridized carbons (Fsp3) is 0.429. The van der Waals surface area contributed by atoms with E-state index in [2.05, 4.69) is 15.0 Å². The third-order valence-corrected chi connectivity index (χ3v) is 3.36. The molecule has 114 valence electrons. The molecule has 1 aliphatic rings. The minimum absolute atomic E-state index is 0.159. The van der Waals surface area contributed by atoms with Crippen LogP contribution in [0.4, 0.5) is 14.9 Å². The van der Waals surface area contributed by atoms with Crippen molar-refractivity contribution >= 4 is 17.7 Å². The second-order valence-corrected chi connectivity index (χ2v) is 4.78. The van der Waals surface area contributed by atoms with Crippen LogP contribution in [-0.2, 0) is 9.53 Å². The topological polar surface area (TPSA) is 61.9 Å². The Morgan fingerprint density at radius 3 is 2.38 bits per heavy atom. The summed E-state index contributed by atoms with van der Waals surface area (Å²) < 4.78 is 17.3. The number of carbonyl (C=O) groups is 2. The van der Waals surface area contributed by atoms with E-state index in [1.165, 1.54) is 19.2 Å². The van der Waals surface area contributed by atoms with E-state index in [0.29, 0.717) is 13.1 Å². The predicted octanol–water partition coefficient (Wildman–Crippen LogP) is 0.830. The van der Waals surface area contributed by atoms with Crippen LogP contribution in [0.3, 0.4) is 0 Å². The van der Waals surface area contributed by atoms with Crippen LogP contribution in [-0.4, -0.2) is 56.7 Å². The number of halogens is 1. The van der Waals surface area contributed by atoms with E-state index in [0.717, 1.165) is 18.8 Å². The van der Waals surface area contributed by atoms with Crippen molar-refractivity contribution in [3.63, 3.8) is 0 Å². The molecular formula is C14H18FN3O3. The van der Waals surface area contributed by atoms with Crippen molar-refractivity contribution in [3.05, 3.63) is 30.1 Å². The molecule has 6 nitrogen and oxygen atoms in total. The summed E-state index contributed by atoms with van der Waals surface area (Å²) in [5, 5.41) is 2.13. The maximum atomic E-state index is 12.9. The third-order valence-electron chi connectivity index (χ3n) is 3.36. The lowest BCUT2D eigenvalue weighted by Gasteiger charge is -2.35. The summed E-state index contributed by atoms with van der Waals surface area (Å²) in [7, 11) is 1.21. The number of ether oxygens (including phenoxy) is 1. The van der Waals surface area contributed by atoms with Crippen LogP contribution in [0.1, 0.15) is 0 Å². The van der Waals surface area contributed by atoms with Gasteiger partial charge in [-0.3, -0.25) is 15.0 Å². The second-order valence-electron chi connectivity index (χ2n) is 4.78.